The fourth-order valence-corrected chi connectivity index (χ4v) is 2.81. The fraction of sp³-hybridized carbons (Fsp3) is 0.529. The van der Waals surface area contributed by atoms with Gasteiger partial charge in [-0.15, -0.1) is 0 Å². The standard InChI is InChI=1S/C16H23FN2O2.CH2O2/c17-15-6-2-1-5-13(15)8-14(18)9-16(21)19-7-3-4-12(10-19)11-20;2-1-3/h1-2,5-6,12,14,20H,3-4,7-11,18H2;1H,(H,2,3)/t12?,14-;/m1./s1. The molecule has 2 atom stereocenters. The van der Waals surface area contributed by atoms with Crippen LogP contribution in [-0.4, -0.2) is 53.2 Å². The van der Waals surface area contributed by atoms with Crippen molar-refractivity contribution in [1.29, 1.82) is 0 Å². The number of piperidine rings is 1. The quantitative estimate of drug-likeness (QED) is 0.694. The zero-order valence-electron chi connectivity index (χ0n) is 13.6. The number of benzene rings is 1. The van der Waals surface area contributed by atoms with Gasteiger partial charge >= 0.3 is 0 Å². The highest BCUT2D eigenvalue weighted by atomic mass is 19.1. The predicted molar refractivity (Wildman–Crippen MR) is 87.8 cm³/mol. The van der Waals surface area contributed by atoms with E-state index in [0.717, 1.165) is 19.4 Å². The van der Waals surface area contributed by atoms with Crippen molar-refractivity contribution in [3.05, 3.63) is 35.6 Å². The molecule has 1 amide bonds. The zero-order chi connectivity index (χ0) is 17.9. The molecule has 1 heterocycles. The van der Waals surface area contributed by atoms with E-state index in [1.807, 2.05) is 0 Å². The van der Waals surface area contributed by atoms with Crippen LogP contribution in [0, 0.1) is 11.7 Å². The van der Waals surface area contributed by atoms with Crippen LogP contribution in [0.3, 0.4) is 0 Å². The molecular weight excluding hydrogens is 315 g/mol. The van der Waals surface area contributed by atoms with Gasteiger partial charge < -0.3 is 20.8 Å². The Morgan fingerprint density at radius 2 is 2.12 bits per heavy atom. The number of nitrogens with zero attached hydrogens (tertiary/aromatic N) is 1. The number of carbonyl (C=O) groups is 2. The molecule has 1 aromatic carbocycles. The van der Waals surface area contributed by atoms with Gasteiger partial charge in [0.2, 0.25) is 5.91 Å². The van der Waals surface area contributed by atoms with Crippen LogP contribution in [0.25, 0.3) is 0 Å². The van der Waals surface area contributed by atoms with Crippen molar-refractivity contribution in [2.75, 3.05) is 19.7 Å². The maximum Gasteiger partial charge on any atom is 0.290 e. The molecule has 1 unspecified atom stereocenters. The van der Waals surface area contributed by atoms with Crippen molar-refractivity contribution < 1.29 is 24.2 Å². The third kappa shape index (κ3) is 6.64. The van der Waals surface area contributed by atoms with Crippen LogP contribution in [0.2, 0.25) is 0 Å². The molecule has 0 aliphatic carbocycles. The number of rotatable bonds is 5. The van der Waals surface area contributed by atoms with Crippen molar-refractivity contribution in [3.63, 3.8) is 0 Å². The summed E-state index contributed by atoms with van der Waals surface area (Å²) in [6.45, 7) is 1.19. The number of nitrogens with two attached hydrogens (primary N) is 1. The minimum absolute atomic E-state index is 0.00279. The van der Waals surface area contributed by atoms with Crippen LogP contribution in [-0.2, 0) is 16.0 Å². The van der Waals surface area contributed by atoms with Crippen LogP contribution in [0.5, 0.6) is 0 Å². The minimum atomic E-state index is -0.385. The van der Waals surface area contributed by atoms with Gasteiger partial charge in [-0.3, -0.25) is 9.59 Å². The molecule has 1 aliphatic heterocycles. The van der Waals surface area contributed by atoms with Gasteiger partial charge in [0.25, 0.3) is 6.47 Å². The molecule has 2 rings (SSSR count). The Bertz CT molecular complexity index is 527. The maximum atomic E-state index is 13.6. The summed E-state index contributed by atoms with van der Waals surface area (Å²) in [7, 11) is 0. The van der Waals surface area contributed by atoms with E-state index in [-0.39, 0.29) is 43.2 Å². The molecule has 7 heteroatoms. The number of hydrogen-bond acceptors (Lipinski definition) is 4. The molecule has 1 aliphatic rings. The van der Waals surface area contributed by atoms with Gasteiger partial charge in [0.05, 0.1) is 0 Å². The van der Waals surface area contributed by atoms with Crippen LogP contribution in [0.15, 0.2) is 24.3 Å². The van der Waals surface area contributed by atoms with Gasteiger partial charge in [-0.05, 0) is 36.8 Å². The number of hydrogen-bond donors (Lipinski definition) is 3. The van der Waals surface area contributed by atoms with Crippen LogP contribution < -0.4 is 5.73 Å². The highest BCUT2D eigenvalue weighted by molar-refractivity contribution is 5.77. The highest BCUT2D eigenvalue weighted by Gasteiger charge is 2.24. The van der Waals surface area contributed by atoms with Gasteiger partial charge in [-0.2, -0.15) is 0 Å². The second-order valence-electron chi connectivity index (χ2n) is 5.90. The van der Waals surface area contributed by atoms with E-state index in [2.05, 4.69) is 0 Å². The summed E-state index contributed by atoms with van der Waals surface area (Å²) in [6.07, 6.45) is 2.45. The Labute approximate surface area is 141 Å². The maximum absolute atomic E-state index is 13.6. The minimum Gasteiger partial charge on any atom is -0.483 e. The number of amides is 1. The molecule has 0 radical (unpaired) electrons. The van der Waals surface area contributed by atoms with Crippen molar-refractivity contribution >= 4 is 12.4 Å². The lowest BCUT2D eigenvalue weighted by molar-refractivity contribution is -0.133. The molecule has 1 saturated heterocycles. The lowest BCUT2D eigenvalue weighted by Crippen LogP contribution is -2.43. The van der Waals surface area contributed by atoms with Gasteiger partial charge in [0, 0.05) is 32.2 Å². The van der Waals surface area contributed by atoms with E-state index < -0.39 is 0 Å². The molecule has 0 saturated carbocycles. The number of halogens is 1. The average molecular weight is 340 g/mol. The van der Waals surface area contributed by atoms with E-state index >= 15 is 0 Å². The average Bonchev–Trinajstić information content (AvgIpc) is 2.57. The molecule has 1 fully saturated rings. The van der Waals surface area contributed by atoms with Crippen molar-refractivity contribution in [1.82, 2.24) is 4.90 Å². The van der Waals surface area contributed by atoms with Crippen LogP contribution in [0.1, 0.15) is 24.8 Å². The van der Waals surface area contributed by atoms with Gasteiger partial charge in [0.15, 0.2) is 0 Å². The second kappa shape index (κ2) is 10.7. The molecule has 134 valence electrons. The first-order chi connectivity index (χ1) is 11.5. The highest BCUT2D eigenvalue weighted by Crippen LogP contribution is 2.17. The lowest BCUT2D eigenvalue weighted by Gasteiger charge is -2.32. The topological polar surface area (TPSA) is 104 Å². The van der Waals surface area contributed by atoms with Gasteiger partial charge in [-0.1, -0.05) is 18.2 Å². The second-order valence-corrected chi connectivity index (χ2v) is 5.90. The first-order valence-corrected chi connectivity index (χ1v) is 7.97. The number of aliphatic hydroxyl groups excluding tert-OH is 1. The smallest absolute Gasteiger partial charge is 0.290 e. The summed E-state index contributed by atoms with van der Waals surface area (Å²) in [5.41, 5.74) is 6.53. The van der Waals surface area contributed by atoms with Crippen LogP contribution >= 0.6 is 0 Å². The van der Waals surface area contributed by atoms with E-state index in [1.165, 1.54) is 6.07 Å². The summed E-state index contributed by atoms with van der Waals surface area (Å²) >= 11 is 0. The Balaban J connectivity index is 0.000000891. The van der Waals surface area contributed by atoms with E-state index in [0.29, 0.717) is 18.5 Å². The van der Waals surface area contributed by atoms with E-state index in [9.17, 15) is 14.3 Å². The van der Waals surface area contributed by atoms with E-state index in [1.54, 1.807) is 23.1 Å². The predicted octanol–water partition coefficient (Wildman–Crippen LogP) is 1.02. The Morgan fingerprint density at radius 3 is 2.75 bits per heavy atom. The molecular formula is C17H25FN2O4. The summed E-state index contributed by atoms with van der Waals surface area (Å²) in [5.74, 6) is -0.110. The Morgan fingerprint density at radius 1 is 1.46 bits per heavy atom. The lowest BCUT2D eigenvalue weighted by atomic mass is 9.97. The van der Waals surface area contributed by atoms with Crippen molar-refractivity contribution in [2.24, 2.45) is 11.7 Å². The fourth-order valence-electron chi connectivity index (χ4n) is 2.81. The monoisotopic (exact) mass is 340 g/mol. The molecule has 0 bridgehead atoms. The molecule has 0 aromatic heterocycles. The Kier molecular flexibility index (Phi) is 8.96. The summed E-state index contributed by atoms with van der Waals surface area (Å²) in [6, 6.07) is 6.12. The first-order valence-electron chi connectivity index (χ1n) is 7.97. The number of likely N-dealkylation sites (tertiary alicyclic amines) is 1. The Hall–Kier alpha value is -1.99. The SMILES string of the molecule is N[C@@H](CC(=O)N1CCCC(CO)C1)Cc1ccccc1F.O=CO. The number of carboxylic acid groups (broad SMARTS) is 1. The van der Waals surface area contributed by atoms with Crippen molar-refractivity contribution in [2.45, 2.75) is 31.7 Å². The van der Waals surface area contributed by atoms with Gasteiger partial charge in [0.1, 0.15) is 5.82 Å². The van der Waals surface area contributed by atoms with Crippen molar-refractivity contribution in [3.8, 4) is 0 Å². The molecule has 24 heavy (non-hydrogen) atoms. The summed E-state index contributed by atoms with van der Waals surface area (Å²) in [5, 5.41) is 16.1. The largest absolute Gasteiger partial charge is 0.483 e. The van der Waals surface area contributed by atoms with E-state index in [4.69, 9.17) is 15.6 Å². The van der Waals surface area contributed by atoms with Crippen LogP contribution in [0.4, 0.5) is 4.39 Å². The molecule has 6 nitrogen and oxygen atoms in total. The molecule has 4 N–H and O–H groups in total. The first kappa shape index (κ1) is 20.1. The molecule has 0 spiro atoms. The normalized spacial score (nSPS) is 18.3. The van der Waals surface area contributed by atoms with Gasteiger partial charge in [-0.25, -0.2) is 4.39 Å². The number of aliphatic hydroxyl groups is 1. The summed E-state index contributed by atoms with van der Waals surface area (Å²) in [4.78, 5) is 22.3. The third-order valence-electron chi connectivity index (χ3n) is 4.01. The summed E-state index contributed by atoms with van der Waals surface area (Å²) < 4.78 is 13.6. The number of carbonyl (C=O) groups excluding carboxylic acids is 1. The molecule has 1 aromatic rings. The third-order valence-corrected chi connectivity index (χ3v) is 4.01. The zero-order valence-corrected chi connectivity index (χ0v) is 13.6.